The first-order chi connectivity index (χ1) is 15.1. The lowest BCUT2D eigenvalue weighted by atomic mass is 10.1. The Labute approximate surface area is 179 Å². The number of H-pyrrole nitrogens is 2. The van der Waals surface area contributed by atoms with Crippen molar-refractivity contribution in [3.63, 3.8) is 0 Å². The summed E-state index contributed by atoms with van der Waals surface area (Å²) in [7, 11) is 0. The Morgan fingerprint density at radius 1 is 1.26 bits per heavy atom. The number of nitrogens with one attached hydrogen (secondary N) is 4. The van der Waals surface area contributed by atoms with Crippen molar-refractivity contribution in [2.75, 3.05) is 32.8 Å². The summed E-state index contributed by atoms with van der Waals surface area (Å²) in [4.78, 5) is 27.3. The molecule has 10 nitrogen and oxygen atoms in total. The van der Waals surface area contributed by atoms with Gasteiger partial charge in [0.05, 0.1) is 6.61 Å². The molecule has 10 heteroatoms. The lowest BCUT2D eigenvalue weighted by molar-refractivity contribution is 0.0254. The summed E-state index contributed by atoms with van der Waals surface area (Å²) in [6.45, 7) is 4.38. The summed E-state index contributed by atoms with van der Waals surface area (Å²) in [6.07, 6.45) is 0.789. The second kappa shape index (κ2) is 9.73. The van der Waals surface area contributed by atoms with Crippen LogP contribution in [0.15, 0.2) is 40.1 Å². The van der Waals surface area contributed by atoms with Crippen LogP contribution in [0.4, 0.5) is 0 Å². The molecule has 1 aromatic carbocycles. The maximum atomic E-state index is 12.6. The molecule has 164 valence electrons. The second-order valence-corrected chi connectivity index (χ2v) is 7.50. The third-order valence-electron chi connectivity index (χ3n) is 5.14. The van der Waals surface area contributed by atoms with Crippen molar-refractivity contribution >= 4 is 17.1 Å². The summed E-state index contributed by atoms with van der Waals surface area (Å²) >= 11 is 0. The summed E-state index contributed by atoms with van der Waals surface area (Å²) in [6, 6.07) is 9.76. The summed E-state index contributed by atoms with van der Waals surface area (Å²) < 4.78 is 5.78. The van der Waals surface area contributed by atoms with Crippen LogP contribution in [0.2, 0.25) is 0 Å². The highest BCUT2D eigenvalue weighted by Crippen LogP contribution is 2.22. The van der Waals surface area contributed by atoms with E-state index in [4.69, 9.17) is 16.2 Å². The Bertz CT molecular complexity index is 1090. The van der Waals surface area contributed by atoms with Crippen molar-refractivity contribution in [3.05, 3.63) is 51.9 Å². The van der Waals surface area contributed by atoms with E-state index in [1.54, 1.807) is 0 Å². The molecule has 1 aliphatic heterocycles. The SMILES string of the molecule is NC(N)=NCCCNCc1ccc(-c2nc3cc(C4CNCCO4)[nH]c3[nH]c2=O)cc1. The first-order valence-electron chi connectivity index (χ1n) is 10.4. The van der Waals surface area contributed by atoms with Crippen molar-refractivity contribution in [2.45, 2.75) is 19.1 Å². The van der Waals surface area contributed by atoms with Crippen molar-refractivity contribution < 1.29 is 4.74 Å². The van der Waals surface area contributed by atoms with Crippen LogP contribution in [0.1, 0.15) is 23.8 Å². The van der Waals surface area contributed by atoms with E-state index in [0.717, 1.165) is 49.4 Å². The van der Waals surface area contributed by atoms with Gasteiger partial charge in [0.25, 0.3) is 5.56 Å². The Hall–Kier alpha value is -3.21. The van der Waals surface area contributed by atoms with Gasteiger partial charge in [0.15, 0.2) is 5.96 Å². The molecule has 1 saturated heterocycles. The quantitative estimate of drug-likeness (QED) is 0.173. The minimum Gasteiger partial charge on any atom is -0.370 e. The first-order valence-corrected chi connectivity index (χ1v) is 10.4. The van der Waals surface area contributed by atoms with E-state index >= 15 is 0 Å². The van der Waals surface area contributed by atoms with Gasteiger partial charge in [-0.15, -0.1) is 0 Å². The van der Waals surface area contributed by atoms with Crippen LogP contribution in [-0.2, 0) is 11.3 Å². The fourth-order valence-corrected chi connectivity index (χ4v) is 3.55. The molecule has 1 aliphatic rings. The van der Waals surface area contributed by atoms with Crippen LogP contribution in [-0.4, -0.2) is 53.7 Å². The van der Waals surface area contributed by atoms with Gasteiger partial charge in [0.1, 0.15) is 23.0 Å². The zero-order valence-corrected chi connectivity index (χ0v) is 17.3. The molecule has 2 aromatic heterocycles. The number of aromatic amines is 2. The molecule has 3 aromatic rings. The maximum Gasteiger partial charge on any atom is 0.276 e. The Morgan fingerprint density at radius 2 is 2.10 bits per heavy atom. The Kier molecular flexibility index (Phi) is 6.60. The van der Waals surface area contributed by atoms with Crippen LogP contribution in [0.25, 0.3) is 22.4 Å². The summed E-state index contributed by atoms with van der Waals surface area (Å²) in [5, 5.41) is 6.65. The minimum absolute atomic E-state index is 0.0684. The number of rotatable bonds is 8. The van der Waals surface area contributed by atoms with Gasteiger partial charge in [-0.05, 0) is 24.6 Å². The molecule has 0 radical (unpaired) electrons. The van der Waals surface area contributed by atoms with Crippen LogP contribution in [0, 0.1) is 0 Å². The van der Waals surface area contributed by atoms with E-state index in [-0.39, 0.29) is 17.6 Å². The van der Waals surface area contributed by atoms with Crippen molar-refractivity contribution in [3.8, 4) is 11.3 Å². The van der Waals surface area contributed by atoms with Crippen LogP contribution in [0.3, 0.4) is 0 Å². The summed E-state index contributed by atoms with van der Waals surface area (Å²) in [5.41, 5.74) is 14.9. The van der Waals surface area contributed by atoms with Gasteiger partial charge < -0.3 is 36.8 Å². The molecule has 0 amide bonds. The average molecular weight is 425 g/mol. The van der Waals surface area contributed by atoms with Crippen molar-refractivity contribution in [1.82, 2.24) is 25.6 Å². The molecule has 31 heavy (non-hydrogen) atoms. The predicted octanol–water partition coefficient (Wildman–Crippen LogP) is 0.332. The minimum atomic E-state index is -0.228. The number of hydrogen-bond donors (Lipinski definition) is 6. The number of nitrogens with two attached hydrogens (primary N) is 2. The molecule has 1 fully saturated rings. The number of hydrogen-bond acceptors (Lipinski definition) is 6. The van der Waals surface area contributed by atoms with E-state index in [0.29, 0.717) is 30.0 Å². The number of fused-ring (bicyclic) bond motifs is 1. The number of ether oxygens (including phenoxy) is 1. The number of aromatic nitrogens is 3. The highest BCUT2D eigenvalue weighted by molar-refractivity contribution is 5.76. The van der Waals surface area contributed by atoms with Crippen molar-refractivity contribution in [2.24, 2.45) is 16.5 Å². The number of benzene rings is 1. The number of aliphatic imine (C=N–C) groups is 1. The van der Waals surface area contributed by atoms with Crippen LogP contribution >= 0.6 is 0 Å². The Morgan fingerprint density at radius 3 is 2.84 bits per heavy atom. The maximum absolute atomic E-state index is 12.6. The molecule has 1 unspecified atom stereocenters. The first kappa shape index (κ1) is 21.0. The van der Waals surface area contributed by atoms with E-state index in [1.165, 1.54) is 0 Å². The molecule has 3 heterocycles. The highest BCUT2D eigenvalue weighted by Gasteiger charge is 2.19. The van der Waals surface area contributed by atoms with E-state index in [1.807, 2.05) is 30.3 Å². The second-order valence-electron chi connectivity index (χ2n) is 7.50. The van der Waals surface area contributed by atoms with E-state index in [9.17, 15) is 4.79 Å². The molecular formula is C21H28N8O2. The molecule has 0 spiro atoms. The van der Waals surface area contributed by atoms with E-state index in [2.05, 4.69) is 30.6 Å². The standard InChI is InChI=1S/C21H28N8O2/c22-21(23)26-7-1-6-24-11-13-2-4-14(5-3-13)18-20(30)29-19-16(27-18)10-15(28-19)17-12-25-8-9-31-17/h2-5,10,17,24-25H,1,6-9,11-12H2,(H4,22,23,26)(H2,28,29,30). The molecule has 0 aliphatic carbocycles. The summed E-state index contributed by atoms with van der Waals surface area (Å²) in [5.74, 6) is 0.118. The third kappa shape index (κ3) is 5.29. The van der Waals surface area contributed by atoms with Gasteiger partial charge in [0, 0.05) is 37.4 Å². The number of morpholine rings is 1. The Balaban J connectivity index is 1.42. The number of nitrogens with zero attached hydrogens (tertiary/aromatic N) is 2. The number of guanidine groups is 1. The molecule has 0 bridgehead atoms. The normalized spacial score (nSPS) is 16.5. The third-order valence-corrected chi connectivity index (χ3v) is 5.14. The molecule has 4 rings (SSSR count). The lowest BCUT2D eigenvalue weighted by Crippen LogP contribution is -2.33. The van der Waals surface area contributed by atoms with Crippen LogP contribution < -0.4 is 27.7 Å². The van der Waals surface area contributed by atoms with Gasteiger partial charge in [-0.25, -0.2) is 4.98 Å². The fourth-order valence-electron chi connectivity index (χ4n) is 3.55. The van der Waals surface area contributed by atoms with Gasteiger partial charge in [-0.2, -0.15) is 0 Å². The highest BCUT2D eigenvalue weighted by atomic mass is 16.5. The van der Waals surface area contributed by atoms with Gasteiger partial charge in [-0.1, -0.05) is 24.3 Å². The van der Waals surface area contributed by atoms with Crippen LogP contribution in [0.5, 0.6) is 0 Å². The van der Waals surface area contributed by atoms with E-state index < -0.39 is 0 Å². The predicted molar refractivity (Wildman–Crippen MR) is 121 cm³/mol. The lowest BCUT2D eigenvalue weighted by Gasteiger charge is -2.22. The monoisotopic (exact) mass is 424 g/mol. The zero-order valence-electron chi connectivity index (χ0n) is 17.3. The van der Waals surface area contributed by atoms with Gasteiger partial charge >= 0.3 is 0 Å². The smallest absolute Gasteiger partial charge is 0.276 e. The molecule has 0 saturated carbocycles. The largest absolute Gasteiger partial charge is 0.370 e. The molecular weight excluding hydrogens is 396 g/mol. The average Bonchev–Trinajstić information content (AvgIpc) is 3.19. The molecule has 8 N–H and O–H groups in total. The zero-order chi connectivity index (χ0) is 21.6. The molecule has 1 atom stereocenters. The topological polar surface area (TPSA) is 159 Å². The van der Waals surface area contributed by atoms with Crippen molar-refractivity contribution in [1.29, 1.82) is 0 Å². The van der Waals surface area contributed by atoms with Gasteiger partial charge in [-0.3, -0.25) is 9.79 Å². The fraction of sp³-hybridized carbons (Fsp3) is 0.381. The van der Waals surface area contributed by atoms with Gasteiger partial charge in [0.2, 0.25) is 0 Å².